The number of ether oxygens (including phenoxy) is 1. The summed E-state index contributed by atoms with van der Waals surface area (Å²) in [4.78, 5) is 30.5. The first kappa shape index (κ1) is 21.8. The second-order valence-corrected chi connectivity index (χ2v) is 8.74. The molecule has 2 rings (SSSR count). The normalized spacial score (nSPS) is 15.7. The van der Waals surface area contributed by atoms with Gasteiger partial charge in [0.2, 0.25) is 0 Å². The molecule has 1 aliphatic rings. The highest BCUT2D eigenvalue weighted by Gasteiger charge is 2.31. The van der Waals surface area contributed by atoms with Crippen LogP contribution in [0, 0.1) is 5.92 Å². The Hall–Kier alpha value is -1.47. The van der Waals surface area contributed by atoms with Crippen molar-refractivity contribution in [2.45, 2.75) is 57.6 Å². The SMILES string of the molecule is CCc1c(Cl)c(N2CCC(C(=O)OC(C)(C)C)CC2)nc(SC)c1C(=O)O. The summed E-state index contributed by atoms with van der Waals surface area (Å²) in [6.07, 6.45) is 3.63. The number of thioether (sulfide) groups is 1. The van der Waals surface area contributed by atoms with Gasteiger partial charge < -0.3 is 14.7 Å². The van der Waals surface area contributed by atoms with Gasteiger partial charge >= 0.3 is 11.9 Å². The van der Waals surface area contributed by atoms with Crippen molar-refractivity contribution in [3.63, 3.8) is 0 Å². The van der Waals surface area contributed by atoms with Crippen LogP contribution in [0.2, 0.25) is 5.02 Å². The molecule has 1 aromatic heterocycles. The molecule has 0 atom stereocenters. The molecule has 0 amide bonds. The van der Waals surface area contributed by atoms with Gasteiger partial charge in [-0.1, -0.05) is 18.5 Å². The molecule has 0 unspecified atom stereocenters. The van der Waals surface area contributed by atoms with E-state index in [1.807, 2.05) is 32.6 Å². The van der Waals surface area contributed by atoms with Crippen molar-refractivity contribution in [3.05, 3.63) is 16.1 Å². The van der Waals surface area contributed by atoms with Crippen molar-refractivity contribution in [1.29, 1.82) is 0 Å². The van der Waals surface area contributed by atoms with Crippen molar-refractivity contribution in [2.24, 2.45) is 5.92 Å². The lowest BCUT2D eigenvalue weighted by atomic mass is 9.96. The standard InChI is InChI=1S/C19H27ClN2O4S/c1-6-12-13(17(23)24)16(27-5)21-15(14(12)20)22-9-7-11(8-10-22)18(25)26-19(2,3)4/h11H,6-10H2,1-5H3,(H,23,24). The van der Waals surface area contributed by atoms with Crippen molar-refractivity contribution >= 4 is 41.1 Å². The number of halogens is 1. The van der Waals surface area contributed by atoms with Crippen LogP contribution >= 0.6 is 23.4 Å². The molecule has 1 fully saturated rings. The minimum Gasteiger partial charge on any atom is -0.478 e. The topological polar surface area (TPSA) is 79.7 Å². The van der Waals surface area contributed by atoms with E-state index in [0.29, 0.717) is 53.8 Å². The summed E-state index contributed by atoms with van der Waals surface area (Å²) in [5, 5.41) is 10.4. The molecule has 150 valence electrons. The number of carboxylic acid groups (broad SMARTS) is 1. The van der Waals surface area contributed by atoms with Gasteiger partial charge in [0, 0.05) is 13.1 Å². The Morgan fingerprint density at radius 2 is 1.93 bits per heavy atom. The third-order valence-electron chi connectivity index (χ3n) is 4.48. The molecule has 27 heavy (non-hydrogen) atoms. The van der Waals surface area contributed by atoms with Gasteiger partial charge in [-0.05, 0) is 51.9 Å². The minimum atomic E-state index is -1.01. The zero-order valence-corrected chi connectivity index (χ0v) is 18.0. The summed E-state index contributed by atoms with van der Waals surface area (Å²) in [6, 6.07) is 0. The fourth-order valence-electron chi connectivity index (χ4n) is 3.20. The number of pyridine rings is 1. The Balaban J connectivity index is 2.23. The summed E-state index contributed by atoms with van der Waals surface area (Å²) >= 11 is 7.84. The highest BCUT2D eigenvalue weighted by atomic mass is 35.5. The molecule has 0 bridgehead atoms. The van der Waals surface area contributed by atoms with Crippen LogP contribution in [-0.2, 0) is 16.0 Å². The number of hydrogen-bond acceptors (Lipinski definition) is 6. The summed E-state index contributed by atoms with van der Waals surface area (Å²) in [7, 11) is 0. The van der Waals surface area contributed by atoms with Crippen molar-refractivity contribution < 1.29 is 19.4 Å². The second-order valence-electron chi connectivity index (χ2n) is 7.57. The number of anilines is 1. The number of carbonyl (C=O) groups is 2. The van der Waals surface area contributed by atoms with Gasteiger partial charge in [-0.15, -0.1) is 11.8 Å². The van der Waals surface area contributed by atoms with Crippen molar-refractivity contribution in [3.8, 4) is 0 Å². The summed E-state index contributed by atoms with van der Waals surface area (Å²) < 4.78 is 5.49. The van der Waals surface area contributed by atoms with Crippen LogP contribution in [0.15, 0.2) is 5.03 Å². The summed E-state index contributed by atoms with van der Waals surface area (Å²) in [6.45, 7) is 8.73. The molecule has 0 radical (unpaired) electrons. The third-order valence-corrected chi connectivity index (χ3v) is 5.56. The van der Waals surface area contributed by atoms with Crippen LogP contribution in [-0.4, -0.2) is 47.0 Å². The molecule has 1 aliphatic heterocycles. The molecule has 0 spiro atoms. The summed E-state index contributed by atoms with van der Waals surface area (Å²) in [5.74, 6) is -0.712. The number of carbonyl (C=O) groups excluding carboxylic acids is 1. The van der Waals surface area contributed by atoms with Crippen molar-refractivity contribution in [2.75, 3.05) is 24.2 Å². The molecule has 0 saturated carbocycles. The van der Waals surface area contributed by atoms with Gasteiger partial charge in [-0.2, -0.15) is 0 Å². The van der Waals surface area contributed by atoms with Gasteiger partial charge in [0.1, 0.15) is 16.4 Å². The fraction of sp³-hybridized carbons (Fsp3) is 0.632. The first-order valence-electron chi connectivity index (χ1n) is 9.06. The van der Waals surface area contributed by atoms with E-state index in [4.69, 9.17) is 16.3 Å². The number of rotatable bonds is 5. The highest BCUT2D eigenvalue weighted by Crippen LogP contribution is 2.37. The Kier molecular flexibility index (Phi) is 7.03. The minimum absolute atomic E-state index is 0.136. The van der Waals surface area contributed by atoms with Crippen LogP contribution in [0.4, 0.5) is 5.82 Å². The van der Waals surface area contributed by atoms with Crippen LogP contribution in [0.1, 0.15) is 56.5 Å². The first-order chi connectivity index (χ1) is 12.6. The molecule has 1 saturated heterocycles. The number of aromatic carboxylic acids is 1. The van der Waals surface area contributed by atoms with Gasteiger partial charge in [0.25, 0.3) is 0 Å². The number of hydrogen-bond donors (Lipinski definition) is 1. The molecule has 6 nitrogen and oxygen atoms in total. The lowest BCUT2D eigenvalue weighted by molar-refractivity contribution is -0.160. The van der Waals surface area contributed by atoms with E-state index in [2.05, 4.69) is 4.98 Å². The van der Waals surface area contributed by atoms with Gasteiger partial charge in [-0.3, -0.25) is 4.79 Å². The lowest BCUT2D eigenvalue weighted by Crippen LogP contribution is -2.39. The van der Waals surface area contributed by atoms with Gasteiger partial charge in [0.05, 0.1) is 16.5 Å². The average Bonchev–Trinajstić information content (AvgIpc) is 2.59. The smallest absolute Gasteiger partial charge is 0.338 e. The third kappa shape index (κ3) is 5.08. The molecular weight excluding hydrogens is 388 g/mol. The Labute approximate surface area is 169 Å². The number of carboxylic acids is 1. The van der Waals surface area contributed by atoms with E-state index in [0.717, 1.165) is 0 Å². The maximum atomic E-state index is 12.3. The second kappa shape index (κ2) is 8.69. The van der Waals surface area contributed by atoms with E-state index < -0.39 is 11.6 Å². The Bertz CT molecular complexity index is 725. The van der Waals surface area contributed by atoms with E-state index in [-0.39, 0.29) is 17.5 Å². The average molecular weight is 415 g/mol. The molecule has 1 aromatic rings. The first-order valence-corrected chi connectivity index (χ1v) is 10.7. The van der Waals surface area contributed by atoms with E-state index in [1.165, 1.54) is 11.8 Å². The zero-order valence-electron chi connectivity index (χ0n) is 16.5. The number of nitrogens with zero attached hydrogens (tertiary/aromatic N) is 2. The molecule has 2 heterocycles. The molecule has 8 heteroatoms. The van der Waals surface area contributed by atoms with Gasteiger partial charge in [0.15, 0.2) is 0 Å². The van der Waals surface area contributed by atoms with Gasteiger partial charge in [-0.25, -0.2) is 9.78 Å². The van der Waals surface area contributed by atoms with E-state index >= 15 is 0 Å². The van der Waals surface area contributed by atoms with Crippen LogP contribution in [0.25, 0.3) is 0 Å². The largest absolute Gasteiger partial charge is 0.478 e. The molecule has 0 aliphatic carbocycles. The maximum absolute atomic E-state index is 12.3. The van der Waals surface area contributed by atoms with E-state index in [1.54, 1.807) is 6.26 Å². The highest BCUT2D eigenvalue weighted by molar-refractivity contribution is 7.98. The zero-order chi connectivity index (χ0) is 20.4. The predicted molar refractivity (Wildman–Crippen MR) is 108 cm³/mol. The Morgan fingerprint density at radius 1 is 1.33 bits per heavy atom. The molecular formula is C19H27ClN2O4S. The fourth-order valence-corrected chi connectivity index (χ4v) is 4.18. The van der Waals surface area contributed by atoms with Crippen LogP contribution in [0.5, 0.6) is 0 Å². The summed E-state index contributed by atoms with van der Waals surface area (Å²) in [5.41, 5.74) is 0.296. The Morgan fingerprint density at radius 3 is 2.37 bits per heavy atom. The van der Waals surface area contributed by atoms with E-state index in [9.17, 15) is 14.7 Å². The number of aromatic nitrogens is 1. The van der Waals surface area contributed by atoms with Crippen LogP contribution in [0.3, 0.4) is 0 Å². The molecule has 1 N–H and O–H groups in total. The predicted octanol–water partition coefficient (Wildman–Crippen LogP) is 4.28. The van der Waals surface area contributed by atoms with Crippen molar-refractivity contribution in [1.82, 2.24) is 4.98 Å². The lowest BCUT2D eigenvalue weighted by Gasteiger charge is -2.34. The monoisotopic (exact) mass is 414 g/mol. The maximum Gasteiger partial charge on any atom is 0.338 e. The quantitative estimate of drug-likeness (QED) is 0.569. The number of esters is 1. The molecule has 0 aromatic carbocycles. The number of piperidine rings is 1. The van der Waals surface area contributed by atoms with Crippen LogP contribution < -0.4 is 4.90 Å².